The van der Waals surface area contributed by atoms with E-state index in [4.69, 9.17) is 5.11 Å². The third-order valence-corrected chi connectivity index (χ3v) is 4.68. The Morgan fingerprint density at radius 2 is 1.85 bits per heavy atom. The standard InChI is InChI=1S/C10H17F3N2O4S/c11-10(12,13)4-1-5-14-20(18,19)15-6-2-8(3-7-15)9(16)17/h8,14H,1-7H2,(H,16,17). The van der Waals surface area contributed by atoms with Crippen molar-refractivity contribution in [1.82, 2.24) is 9.03 Å². The van der Waals surface area contributed by atoms with Crippen LogP contribution in [0.4, 0.5) is 13.2 Å². The van der Waals surface area contributed by atoms with Gasteiger partial charge >= 0.3 is 12.1 Å². The molecule has 0 aromatic heterocycles. The summed E-state index contributed by atoms with van der Waals surface area (Å²) in [5.74, 6) is -1.52. The predicted octanol–water partition coefficient (Wildman–Crippen LogP) is 0.960. The van der Waals surface area contributed by atoms with Gasteiger partial charge in [-0.3, -0.25) is 4.79 Å². The lowest BCUT2D eigenvalue weighted by Crippen LogP contribution is -2.46. The summed E-state index contributed by atoms with van der Waals surface area (Å²) in [6.07, 6.45) is -5.26. The van der Waals surface area contributed by atoms with Crippen molar-refractivity contribution in [3.8, 4) is 0 Å². The average Bonchev–Trinajstić information content (AvgIpc) is 2.34. The Balaban J connectivity index is 2.37. The summed E-state index contributed by atoms with van der Waals surface area (Å²) in [7, 11) is -3.83. The molecule has 1 saturated heterocycles. The summed E-state index contributed by atoms with van der Waals surface area (Å²) >= 11 is 0. The average molecular weight is 318 g/mol. The number of hydrogen-bond acceptors (Lipinski definition) is 3. The number of aliphatic carboxylic acids is 1. The first-order chi connectivity index (χ1) is 9.12. The third-order valence-electron chi connectivity index (χ3n) is 3.06. The second kappa shape index (κ2) is 6.72. The van der Waals surface area contributed by atoms with E-state index in [1.54, 1.807) is 0 Å². The molecule has 0 aliphatic carbocycles. The van der Waals surface area contributed by atoms with Crippen molar-refractivity contribution < 1.29 is 31.5 Å². The monoisotopic (exact) mass is 318 g/mol. The van der Waals surface area contributed by atoms with E-state index in [2.05, 4.69) is 4.72 Å². The van der Waals surface area contributed by atoms with E-state index in [9.17, 15) is 26.4 Å². The Bertz CT molecular complexity index is 430. The molecule has 0 aromatic carbocycles. The summed E-state index contributed by atoms with van der Waals surface area (Å²) < 4.78 is 62.4. The molecule has 0 bridgehead atoms. The van der Waals surface area contributed by atoms with Crippen LogP contribution in [0.5, 0.6) is 0 Å². The molecule has 1 heterocycles. The van der Waals surface area contributed by atoms with Crippen LogP contribution in [0.2, 0.25) is 0 Å². The highest BCUT2D eigenvalue weighted by atomic mass is 32.2. The fraction of sp³-hybridized carbons (Fsp3) is 0.900. The van der Waals surface area contributed by atoms with Gasteiger partial charge in [0.05, 0.1) is 5.92 Å². The zero-order valence-electron chi connectivity index (χ0n) is 10.7. The SMILES string of the molecule is O=C(O)C1CCN(S(=O)(=O)NCCCC(F)(F)F)CC1. The molecule has 0 unspecified atom stereocenters. The minimum absolute atomic E-state index is 0.0611. The molecule has 0 amide bonds. The highest BCUT2D eigenvalue weighted by Gasteiger charge is 2.31. The number of nitrogens with zero attached hydrogens (tertiary/aromatic N) is 1. The lowest BCUT2D eigenvalue weighted by molar-refractivity contribution is -0.143. The molecule has 0 atom stereocenters. The number of carboxylic acids is 1. The van der Waals surface area contributed by atoms with Crippen molar-refractivity contribution in [3.63, 3.8) is 0 Å². The molecule has 10 heteroatoms. The Kier molecular flexibility index (Phi) is 5.78. The summed E-state index contributed by atoms with van der Waals surface area (Å²) in [5.41, 5.74) is 0. The van der Waals surface area contributed by atoms with E-state index in [-0.39, 0.29) is 38.9 Å². The van der Waals surface area contributed by atoms with E-state index in [1.807, 2.05) is 0 Å². The van der Waals surface area contributed by atoms with Crippen LogP contribution in [0.25, 0.3) is 0 Å². The first-order valence-electron chi connectivity index (χ1n) is 6.16. The topological polar surface area (TPSA) is 86.7 Å². The minimum atomic E-state index is -4.30. The Labute approximate surface area is 115 Å². The normalized spacial score (nSPS) is 19.1. The molecule has 1 aliphatic rings. The van der Waals surface area contributed by atoms with Gasteiger partial charge in [-0.15, -0.1) is 0 Å². The van der Waals surface area contributed by atoms with Gasteiger partial charge in [-0.1, -0.05) is 0 Å². The fourth-order valence-electron chi connectivity index (χ4n) is 1.92. The molecule has 1 rings (SSSR count). The molecule has 1 aliphatic heterocycles. The van der Waals surface area contributed by atoms with Gasteiger partial charge in [0.2, 0.25) is 0 Å². The first-order valence-corrected chi connectivity index (χ1v) is 7.60. The van der Waals surface area contributed by atoms with E-state index in [0.29, 0.717) is 0 Å². The van der Waals surface area contributed by atoms with E-state index < -0.39 is 34.7 Å². The fourth-order valence-corrected chi connectivity index (χ4v) is 3.20. The maximum Gasteiger partial charge on any atom is 0.389 e. The third kappa shape index (κ3) is 5.63. The number of nitrogens with one attached hydrogen (secondary N) is 1. The van der Waals surface area contributed by atoms with E-state index >= 15 is 0 Å². The van der Waals surface area contributed by atoms with Crippen LogP contribution >= 0.6 is 0 Å². The van der Waals surface area contributed by atoms with Gasteiger partial charge in [-0.05, 0) is 19.3 Å². The largest absolute Gasteiger partial charge is 0.481 e. The molecule has 0 radical (unpaired) electrons. The summed E-state index contributed by atoms with van der Waals surface area (Å²) in [5, 5.41) is 8.79. The van der Waals surface area contributed by atoms with E-state index in [0.717, 1.165) is 4.31 Å². The minimum Gasteiger partial charge on any atom is -0.481 e. The summed E-state index contributed by atoms with van der Waals surface area (Å²) in [4.78, 5) is 10.7. The molecule has 2 N–H and O–H groups in total. The van der Waals surface area contributed by atoms with Crippen LogP contribution in [-0.2, 0) is 15.0 Å². The van der Waals surface area contributed by atoms with Gasteiger partial charge in [0.15, 0.2) is 0 Å². The molecule has 20 heavy (non-hydrogen) atoms. The number of carboxylic acid groups (broad SMARTS) is 1. The van der Waals surface area contributed by atoms with Gasteiger partial charge in [-0.25, -0.2) is 4.72 Å². The maximum absolute atomic E-state index is 11.9. The number of piperidine rings is 1. The quantitative estimate of drug-likeness (QED) is 0.714. The van der Waals surface area contributed by atoms with Crippen molar-refractivity contribution in [2.24, 2.45) is 5.92 Å². The van der Waals surface area contributed by atoms with Gasteiger partial charge in [0.1, 0.15) is 0 Å². The van der Waals surface area contributed by atoms with Crippen LogP contribution in [-0.4, -0.2) is 49.6 Å². The summed E-state index contributed by atoms with van der Waals surface area (Å²) in [6.45, 7) is -0.169. The van der Waals surface area contributed by atoms with Crippen LogP contribution < -0.4 is 4.72 Å². The van der Waals surface area contributed by atoms with E-state index in [1.165, 1.54) is 0 Å². The van der Waals surface area contributed by atoms with Gasteiger partial charge in [0, 0.05) is 26.1 Å². The molecule has 118 valence electrons. The maximum atomic E-state index is 11.9. The highest BCUT2D eigenvalue weighted by Crippen LogP contribution is 2.21. The smallest absolute Gasteiger partial charge is 0.389 e. The van der Waals surface area contributed by atoms with Crippen molar-refractivity contribution in [2.75, 3.05) is 19.6 Å². The van der Waals surface area contributed by atoms with Crippen LogP contribution in [0, 0.1) is 5.92 Å². The zero-order chi connectivity index (χ0) is 15.4. The van der Waals surface area contributed by atoms with Gasteiger partial charge in [0.25, 0.3) is 10.2 Å². The molecule has 1 fully saturated rings. The Morgan fingerprint density at radius 1 is 1.30 bits per heavy atom. The molecule has 0 aromatic rings. The molecular formula is C10H17F3N2O4S. The number of hydrogen-bond donors (Lipinski definition) is 2. The van der Waals surface area contributed by atoms with Gasteiger partial charge in [-0.2, -0.15) is 25.9 Å². The van der Waals surface area contributed by atoms with Crippen molar-refractivity contribution in [1.29, 1.82) is 0 Å². The molecule has 0 saturated carbocycles. The van der Waals surface area contributed by atoms with Crippen LogP contribution in [0.15, 0.2) is 0 Å². The van der Waals surface area contributed by atoms with Crippen LogP contribution in [0.1, 0.15) is 25.7 Å². The molecule has 6 nitrogen and oxygen atoms in total. The number of rotatable bonds is 6. The zero-order valence-corrected chi connectivity index (χ0v) is 11.5. The Hall–Kier alpha value is -0.870. The van der Waals surface area contributed by atoms with Crippen molar-refractivity contribution in [2.45, 2.75) is 31.9 Å². The Morgan fingerprint density at radius 3 is 2.30 bits per heavy atom. The molecule has 0 spiro atoms. The number of carbonyl (C=O) groups is 1. The first kappa shape index (κ1) is 17.2. The summed E-state index contributed by atoms with van der Waals surface area (Å²) in [6, 6.07) is 0. The predicted molar refractivity (Wildman–Crippen MR) is 64.1 cm³/mol. The lowest BCUT2D eigenvalue weighted by atomic mass is 9.99. The highest BCUT2D eigenvalue weighted by molar-refractivity contribution is 7.87. The number of alkyl halides is 3. The lowest BCUT2D eigenvalue weighted by Gasteiger charge is -2.29. The molecular weight excluding hydrogens is 301 g/mol. The second-order valence-electron chi connectivity index (χ2n) is 4.63. The van der Waals surface area contributed by atoms with Crippen LogP contribution in [0.3, 0.4) is 0 Å². The second-order valence-corrected chi connectivity index (χ2v) is 6.38. The van der Waals surface area contributed by atoms with Gasteiger partial charge < -0.3 is 5.11 Å². The number of halogens is 3. The van der Waals surface area contributed by atoms with Crippen molar-refractivity contribution >= 4 is 16.2 Å². The van der Waals surface area contributed by atoms with Crippen molar-refractivity contribution in [3.05, 3.63) is 0 Å².